The van der Waals surface area contributed by atoms with Gasteiger partial charge in [0.05, 0.1) is 0 Å². The zero-order chi connectivity index (χ0) is 9.36. The van der Waals surface area contributed by atoms with Crippen molar-refractivity contribution in [1.82, 2.24) is 5.32 Å². The van der Waals surface area contributed by atoms with Crippen molar-refractivity contribution in [3.63, 3.8) is 0 Å². The van der Waals surface area contributed by atoms with E-state index < -0.39 is 0 Å². The molecule has 1 saturated carbocycles. The molecule has 1 saturated heterocycles. The summed E-state index contributed by atoms with van der Waals surface area (Å²) in [5.74, 6) is 0.475. The largest absolute Gasteiger partial charge is 0.317 e. The van der Waals surface area contributed by atoms with Crippen molar-refractivity contribution in [2.24, 2.45) is 0 Å². The molecule has 1 N–H and O–H groups in total. The lowest BCUT2D eigenvalue weighted by Gasteiger charge is -1.87. The molecular formula is C11H21NO. The van der Waals surface area contributed by atoms with Crippen LogP contribution in [0, 0.1) is 0 Å². The minimum absolute atomic E-state index is 0.475. The van der Waals surface area contributed by atoms with E-state index in [1.54, 1.807) is 0 Å². The van der Waals surface area contributed by atoms with Crippen LogP contribution in [0.25, 0.3) is 0 Å². The molecule has 13 heavy (non-hydrogen) atoms. The van der Waals surface area contributed by atoms with Gasteiger partial charge >= 0.3 is 0 Å². The van der Waals surface area contributed by atoms with Crippen molar-refractivity contribution in [2.75, 3.05) is 13.1 Å². The Morgan fingerprint density at radius 1 is 0.769 bits per heavy atom. The molecule has 0 radical (unpaired) electrons. The normalized spacial score (nSPS) is 23.2. The van der Waals surface area contributed by atoms with Crippen molar-refractivity contribution in [1.29, 1.82) is 0 Å². The maximum absolute atomic E-state index is 10.7. The average molecular weight is 183 g/mol. The summed E-state index contributed by atoms with van der Waals surface area (Å²) >= 11 is 0. The monoisotopic (exact) mass is 183 g/mol. The number of hydrogen-bond donors (Lipinski definition) is 1. The van der Waals surface area contributed by atoms with Crippen LogP contribution in [-0.2, 0) is 4.79 Å². The molecule has 0 bridgehead atoms. The summed E-state index contributed by atoms with van der Waals surface area (Å²) in [5, 5.41) is 3.22. The van der Waals surface area contributed by atoms with E-state index in [0.29, 0.717) is 5.78 Å². The Morgan fingerprint density at radius 3 is 1.69 bits per heavy atom. The highest BCUT2D eigenvalue weighted by molar-refractivity contribution is 5.78. The molecule has 2 nitrogen and oxygen atoms in total. The summed E-state index contributed by atoms with van der Waals surface area (Å²) in [7, 11) is 0. The Bertz CT molecular complexity index is 123. The van der Waals surface area contributed by atoms with E-state index >= 15 is 0 Å². The summed E-state index contributed by atoms with van der Waals surface area (Å²) in [5.41, 5.74) is 0. The van der Waals surface area contributed by atoms with E-state index in [2.05, 4.69) is 5.32 Å². The van der Waals surface area contributed by atoms with E-state index in [-0.39, 0.29) is 0 Å². The summed E-state index contributed by atoms with van der Waals surface area (Å²) in [6.45, 7) is 2.50. The molecule has 1 aliphatic heterocycles. The van der Waals surface area contributed by atoms with Gasteiger partial charge in [-0.1, -0.05) is 12.8 Å². The zero-order valence-corrected chi connectivity index (χ0v) is 8.48. The third kappa shape index (κ3) is 5.81. The van der Waals surface area contributed by atoms with Crippen LogP contribution in [0.3, 0.4) is 0 Å². The fourth-order valence-corrected chi connectivity index (χ4v) is 1.75. The minimum atomic E-state index is 0.475. The van der Waals surface area contributed by atoms with Gasteiger partial charge in [-0.15, -0.1) is 0 Å². The van der Waals surface area contributed by atoms with Gasteiger partial charge in [0.15, 0.2) is 0 Å². The second kappa shape index (κ2) is 7.07. The molecular weight excluding hydrogens is 162 g/mol. The van der Waals surface area contributed by atoms with Crippen LogP contribution >= 0.6 is 0 Å². The van der Waals surface area contributed by atoms with Crippen LogP contribution in [-0.4, -0.2) is 18.9 Å². The minimum Gasteiger partial charge on any atom is -0.317 e. The van der Waals surface area contributed by atoms with Crippen LogP contribution in [0.2, 0.25) is 0 Å². The molecule has 76 valence electrons. The Kier molecular flexibility index (Phi) is 5.83. The number of Topliss-reactive ketones (excluding diaryl/α,β-unsaturated/α-hetero) is 1. The highest BCUT2D eigenvalue weighted by atomic mass is 16.1. The summed E-state index contributed by atoms with van der Waals surface area (Å²) < 4.78 is 0. The first kappa shape index (κ1) is 10.7. The van der Waals surface area contributed by atoms with E-state index in [1.165, 1.54) is 38.8 Å². The topological polar surface area (TPSA) is 29.1 Å². The predicted octanol–water partition coefficient (Wildman–Crippen LogP) is 2.28. The second-order valence-electron chi connectivity index (χ2n) is 3.91. The predicted molar refractivity (Wildman–Crippen MR) is 54.8 cm³/mol. The highest BCUT2D eigenvalue weighted by Gasteiger charge is 2.04. The number of carbonyl (C=O) groups is 1. The molecule has 2 aliphatic rings. The van der Waals surface area contributed by atoms with Gasteiger partial charge in [0.25, 0.3) is 0 Å². The number of nitrogens with one attached hydrogen (secondary N) is 1. The van der Waals surface area contributed by atoms with Gasteiger partial charge in [-0.05, 0) is 38.8 Å². The molecule has 2 fully saturated rings. The lowest BCUT2D eigenvalue weighted by atomic mass is 10.2. The Balaban J connectivity index is 0.000000145. The number of carbonyl (C=O) groups excluding carboxylic acids is 1. The quantitative estimate of drug-likeness (QED) is 0.584. The van der Waals surface area contributed by atoms with Crippen molar-refractivity contribution < 1.29 is 4.79 Å². The van der Waals surface area contributed by atoms with E-state index in [0.717, 1.165) is 25.7 Å². The maximum Gasteiger partial charge on any atom is 0.132 e. The fraction of sp³-hybridized carbons (Fsp3) is 0.909. The number of rotatable bonds is 0. The van der Waals surface area contributed by atoms with Crippen molar-refractivity contribution in [2.45, 2.75) is 51.4 Å². The molecule has 1 aliphatic carbocycles. The standard InChI is InChI=1S/C7H12O.C4H9N/c8-7-5-3-1-2-4-6-7;1-2-4-5-3-1/h1-6H2;5H,1-4H2. The van der Waals surface area contributed by atoms with Gasteiger partial charge in [0.2, 0.25) is 0 Å². The summed E-state index contributed by atoms with van der Waals surface area (Å²) in [6, 6.07) is 0. The molecule has 2 rings (SSSR count). The third-order valence-corrected chi connectivity index (χ3v) is 2.62. The Hall–Kier alpha value is -0.370. The Labute approximate surface area is 81.1 Å². The Morgan fingerprint density at radius 2 is 1.31 bits per heavy atom. The smallest absolute Gasteiger partial charge is 0.132 e. The first-order chi connectivity index (χ1) is 6.39. The van der Waals surface area contributed by atoms with Gasteiger partial charge < -0.3 is 5.32 Å². The number of hydrogen-bond acceptors (Lipinski definition) is 2. The van der Waals surface area contributed by atoms with Gasteiger partial charge in [0, 0.05) is 12.8 Å². The second-order valence-corrected chi connectivity index (χ2v) is 3.91. The molecule has 2 heteroatoms. The molecule has 0 aromatic heterocycles. The molecule has 0 aromatic carbocycles. The lowest BCUT2D eigenvalue weighted by molar-refractivity contribution is -0.118. The van der Waals surface area contributed by atoms with Crippen LogP contribution in [0.1, 0.15) is 51.4 Å². The number of ketones is 1. The van der Waals surface area contributed by atoms with Gasteiger partial charge in [-0.3, -0.25) is 4.79 Å². The van der Waals surface area contributed by atoms with Crippen molar-refractivity contribution >= 4 is 5.78 Å². The maximum atomic E-state index is 10.7. The molecule has 0 atom stereocenters. The average Bonchev–Trinajstić information content (AvgIpc) is 2.62. The van der Waals surface area contributed by atoms with Crippen molar-refractivity contribution in [3.05, 3.63) is 0 Å². The molecule has 0 aromatic rings. The molecule has 0 amide bonds. The highest BCUT2D eigenvalue weighted by Crippen LogP contribution is 2.12. The van der Waals surface area contributed by atoms with E-state index in [9.17, 15) is 4.79 Å². The van der Waals surface area contributed by atoms with Crippen molar-refractivity contribution in [3.8, 4) is 0 Å². The van der Waals surface area contributed by atoms with Crippen LogP contribution < -0.4 is 5.32 Å². The molecule has 1 heterocycles. The first-order valence-electron chi connectivity index (χ1n) is 5.62. The summed E-state index contributed by atoms with van der Waals surface area (Å²) in [4.78, 5) is 10.7. The van der Waals surface area contributed by atoms with Crippen LogP contribution in [0.4, 0.5) is 0 Å². The lowest BCUT2D eigenvalue weighted by Crippen LogP contribution is -2.03. The molecule has 0 unspecified atom stereocenters. The summed E-state index contributed by atoms with van der Waals surface area (Å²) in [6.07, 6.45) is 9.29. The van der Waals surface area contributed by atoms with Gasteiger partial charge in [-0.2, -0.15) is 0 Å². The van der Waals surface area contributed by atoms with Crippen LogP contribution in [0.5, 0.6) is 0 Å². The SMILES string of the molecule is C1CCNC1.O=C1CCCCCC1. The first-order valence-corrected chi connectivity index (χ1v) is 5.62. The van der Waals surface area contributed by atoms with E-state index in [4.69, 9.17) is 0 Å². The third-order valence-electron chi connectivity index (χ3n) is 2.62. The van der Waals surface area contributed by atoms with Gasteiger partial charge in [-0.25, -0.2) is 0 Å². The molecule has 0 spiro atoms. The zero-order valence-electron chi connectivity index (χ0n) is 8.48. The van der Waals surface area contributed by atoms with E-state index in [1.807, 2.05) is 0 Å². The van der Waals surface area contributed by atoms with Crippen LogP contribution in [0.15, 0.2) is 0 Å². The van der Waals surface area contributed by atoms with Gasteiger partial charge in [0.1, 0.15) is 5.78 Å². The fourth-order valence-electron chi connectivity index (χ4n) is 1.75.